The molecular weight excluding hydrogens is 258 g/mol. The second-order valence-electron chi connectivity index (χ2n) is 2.83. The van der Waals surface area contributed by atoms with Gasteiger partial charge in [0.2, 0.25) is 0 Å². The maximum absolute atomic E-state index is 11.1. The molecule has 0 spiro atoms. The number of hydrogen-bond acceptors (Lipinski definition) is 5. The zero-order valence-electron chi connectivity index (χ0n) is 8.10. The Morgan fingerprint density at radius 2 is 2.06 bits per heavy atom. The summed E-state index contributed by atoms with van der Waals surface area (Å²) in [7, 11) is 2.25. The van der Waals surface area contributed by atoms with Gasteiger partial charge in [-0.15, -0.1) is 0 Å². The summed E-state index contributed by atoms with van der Waals surface area (Å²) < 4.78 is 26.9. The lowest BCUT2D eigenvalue weighted by atomic mass is 10.2. The molecule has 0 aliphatic carbocycles. The van der Waals surface area contributed by atoms with E-state index in [1.807, 2.05) is 0 Å². The number of anilines is 1. The fourth-order valence-corrected chi connectivity index (χ4v) is 2.12. The predicted molar refractivity (Wildman–Crippen MR) is 57.4 cm³/mol. The van der Waals surface area contributed by atoms with E-state index >= 15 is 0 Å². The molecule has 16 heavy (non-hydrogen) atoms. The summed E-state index contributed by atoms with van der Waals surface area (Å²) >= 11 is 0. The zero-order chi connectivity index (χ0) is 12.5. The third-order valence-electron chi connectivity index (χ3n) is 1.83. The number of ether oxygens (including phenoxy) is 1. The topological polar surface area (TPSA) is 107 Å². The Kier molecular flexibility index (Phi) is 3.30. The van der Waals surface area contributed by atoms with Gasteiger partial charge in [-0.1, -0.05) is 0 Å². The molecule has 0 atom stereocenters. The molecule has 1 aromatic carbocycles. The maximum atomic E-state index is 11.1. The normalized spacial score (nSPS) is 11.1. The lowest BCUT2D eigenvalue weighted by molar-refractivity contribution is 0.0693. The molecule has 3 N–H and O–H groups in total. The summed E-state index contributed by atoms with van der Waals surface area (Å²) in [6.07, 6.45) is 0. The first kappa shape index (κ1) is 12.6. The van der Waals surface area contributed by atoms with Gasteiger partial charge in [0.05, 0.1) is 12.8 Å². The molecule has 8 heteroatoms. The van der Waals surface area contributed by atoms with Crippen LogP contribution in [0.2, 0.25) is 0 Å². The number of hydrogen-bond donors (Lipinski definition) is 2. The van der Waals surface area contributed by atoms with Crippen molar-refractivity contribution >= 4 is 31.4 Å². The smallest absolute Gasteiger partial charge is 0.339 e. The Morgan fingerprint density at radius 3 is 2.44 bits per heavy atom. The van der Waals surface area contributed by atoms with Crippen LogP contribution in [0.15, 0.2) is 17.0 Å². The van der Waals surface area contributed by atoms with E-state index in [1.165, 1.54) is 7.11 Å². The molecule has 1 aromatic rings. The van der Waals surface area contributed by atoms with Crippen molar-refractivity contribution in [2.75, 3.05) is 12.8 Å². The first-order chi connectivity index (χ1) is 7.27. The number of benzene rings is 1. The number of rotatable bonds is 3. The Bertz CT molecular complexity index is 540. The first-order valence-corrected chi connectivity index (χ1v) is 6.23. The van der Waals surface area contributed by atoms with Gasteiger partial charge in [-0.05, 0) is 6.07 Å². The van der Waals surface area contributed by atoms with E-state index in [1.54, 1.807) is 0 Å². The van der Waals surface area contributed by atoms with Crippen LogP contribution in [0.1, 0.15) is 10.4 Å². The summed E-state index contributed by atoms with van der Waals surface area (Å²) in [6, 6.07) is 1.96. The number of methoxy groups -OCH3 is 1. The summed E-state index contributed by atoms with van der Waals surface area (Å²) in [6.45, 7) is 0. The largest absolute Gasteiger partial charge is 0.496 e. The molecule has 0 unspecified atom stereocenters. The number of nitrogens with two attached hydrogens (primary N) is 1. The average molecular weight is 266 g/mol. The third kappa shape index (κ3) is 2.37. The van der Waals surface area contributed by atoms with Crippen LogP contribution >= 0.6 is 10.7 Å². The van der Waals surface area contributed by atoms with Crippen molar-refractivity contribution in [3.05, 3.63) is 17.7 Å². The monoisotopic (exact) mass is 265 g/mol. The molecule has 0 fully saturated rings. The lowest BCUT2D eigenvalue weighted by Crippen LogP contribution is -2.06. The summed E-state index contributed by atoms with van der Waals surface area (Å²) in [4.78, 5) is 10.4. The van der Waals surface area contributed by atoms with Crippen LogP contribution in [-0.4, -0.2) is 26.6 Å². The van der Waals surface area contributed by atoms with Gasteiger partial charge < -0.3 is 15.6 Å². The van der Waals surface area contributed by atoms with E-state index in [4.69, 9.17) is 26.3 Å². The Labute approximate surface area is 96.0 Å². The Morgan fingerprint density at radius 1 is 1.50 bits per heavy atom. The zero-order valence-corrected chi connectivity index (χ0v) is 9.67. The fourth-order valence-electron chi connectivity index (χ4n) is 1.12. The number of carboxylic acid groups (broad SMARTS) is 1. The number of carboxylic acids is 1. The van der Waals surface area contributed by atoms with E-state index in [2.05, 4.69) is 0 Å². The maximum Gasteiger partial charge on any atom is 0.339 e. The second-order valence-corrected chi connectivity index (χ2v) is 5.37. The second kappa shape index (κ2) is 4.18. The van der Waals surface area contributed by atoms with Crippen molar-refractivity contribution < 1.29 is 23.1 Å². The van der Waals surface area contributed by atoms with Crippen molar-refractivity contribution in [2.45, 2.75) is 4.90 Å². The third-order valence-corrected chi connectivity index (χ3v) is 3.20. The quantitative estimate of drug-likeness (QED) is 0.621. The molecule has 0 heterocycles. The van der Waals surface area contributed by atoms with Crippen LogP contribution in [-0.2, 0) is 9.05 Å². The number of carbonyl (C=O) groups is 1. The number of aromatic carboxylic acids is 1. The predicted octanol–water partition coefficient (Wildman–Crippen LogP) is 0.903. The van der Waals surface area contributed by atoms with E-state index in [-0.39, 0.29) is 17.0 Å². The highest BCUT2D eigenvalue weighted by atomic mass is 35.7. The minimum absolute atomic E-state index is 0.0333. The van der Waals surface area contributed by atoms with Gasteiger partial charge in [0.25, 0.3) is 9.05 Å². The van der Waals surface area contributed by atoms with Gasteiger partial charge in [-0.25, -0.2) is 13.2 Å². The van der Waals surface area contributed by atoms with Crippen LogP contribution in [0.25, 0.3) is 0 Å². The van der Waals surface area contributed by atoms with Crippen molar-refractivity contribution in [3.63, 3.8) is 0 Å². The average Bonchev–Trinajstić information content (AvgIpc) is 2.14. The first-order valence-electron chi connectivity index (χ1n) is 3.93. The minimum Gasteiger partial charge on any atom is -0.496 e. The van der Waals surface area contributed by atoms with Crippen LogP contribution in [0, 0.1) is 0 Å². The molecule has 0 saturated heterocycles. The minimum atomic E-state index is -4.09. The summed E-state index contributed by atoms with van der Waals surface area (Å²) in [5.74, 6) is -1.37. The fraction of sp³-hybridized carbons (Fsp3) is 0.125. The highest BCUT2D eigenvalue weighted by Crippen LogP contribution is 2.30. The van der Waals surface area contributed by atoms with E-state index < -0.39 is 19.9 Å². The molecule has 6 nitrogen and oxygen atoms in total. The van der Waals surface area contributed by atoms with Crippen molar-refractivity contribution in [3.8, 4) is 5.75 Å². The van der Waals surface area contributed by atoms with Crippen molar-refractivity contribution in [1.29, 1.82) is 0 Å². The Hall–Kier alpha value is -1.47. The molecule has 0 aromatic heterocycles. The lowest BCUT2D eigenvalue weighted by Gasteiger charge is -2.08. The van der Waals surface area contributed by atoms with Gasteiger partial charge in [0, 0.05) is 16.7 Å². The van der Waals surface area contributed by atoms with E-state index in [0.717, 1.165) is 12.1 Å². The number of halogens is 1. The van der Waals surface area contributed by atoms with E-state index in [0.29, 0.717) is 0 Å². The Balaban J connectivity index is 3.58. The van der Waals surface area contributed by atoms with Gasteiger partial charge in [0.1, 0.15) is 16.2 Å². The molecular formula is C8H8ClNO5S. The molecule has 0 radical (unpaired) electrons. The van der Waals surface area contributed by atoms with Crippen LogP contribution < -0.4 is 10.5 Å². The highest BCUT2D eigenvalue weighted by Gasteiger charge is 2.21. The molecule has 0 saturated carbocycles. The standard InChI is InChI=1S/C8H8ClNO5S/c1-15-6-3-5(10)7(16(9,13)14)2-4(6)8(11)12/h2-3H,10H2,1H3,(H,11,12). The SMILES string of the molecule is COc1cc(N)c(S(=O)(=O)Cl)cc1C(=O)O. The molecule has 88 valence electrons. The number of nitrogen functional groups attached to an aromatic ring is 1. The van der Waals surface area contributed by atoms with Gasteiger partial charge in [0.15, 0.2) is 0 Å². The molecule has 0 bridgehead atoms. The van der Waals surface area contributed by atoms with Crippen molar-refractivity contribution in [1.82, 2.24) is 0 Å². The van der Waals surface area contributed by atoms with Crippen molar-refractivity contribution in [2.24, 2.45) is 0 Å². The van der Waals surface area contributed by atoms with Gasteiger partial charge in [-0.2, -0.15) is 0 Å². The highest BCUT2D eigenvalue weighted by molar-refractivity contribution is 8.13. The van der Waals surface area contributed by atoms with Crippen LogP contribution in [0.5, 0.6) is 5.75 Å². The van der Waals surface area contributed by atoms with E-state index in [9.17, 15) is 13.2 Å². The van der Waals surface area contributed by atoms with Gasteiger partial charge >= 0.3 is 5.97 Å². The van der Waals surface area contributed by atoms with Gasteiger partial charge in [-0.3, -0.25) is 0 Å². The molecule has 0 aliphatic heterocycles. The summed E-state index contributed by atoms with van der Waals surface area (Å²) in [5, 5.41) is 8.82. The van der Waals surface area contributed by atoms with Crippen LogP contribution in [0.4, 0.5) is 5.69 Å². The molecule has 0 amide bonds. The molecule has 0 aliphatic rings. The van der Waals surface area contributed by atoms with Crippen LogP contribution in [0.3, 0.4) is 0 Å². The molecule has 1 rings (SSSR count). The summed E-state index contributed by atoms with van der Waals surface area (Å²) in [5.41, 5.74) is 4.92.